The molecule has 6 heteroatoms. The van der Waals surface area contributed by atoms with Crippen LogP contribution in [0.3, 0.4) is 0 Å². The smallest absolute Gasteiger partial charge is 0.176 e. The van der Waals surface area contributed by atoms with E-state index in [0.717, 1.165) is 34.1 Å². The second-order valence-electron chi connectivity index (χ2n) is 6.26. The fraction of sp³-hybridized carbons (Fsp3) is 0.263. The molecule has 4 aromatic rings. The first-order valence-electron chi connectivity index (χ1n) is 8.24. The lowest BCUT2D eigenvalue weighted by Crippen LogP contribution is -2.21. The van der Waals surface area contributed by atoms with Gasteiger partial charge in [-0.3, -0.25) is 4.90 Å². The summed E-state index contributed by atoms with van der Waals surface area (Å²) in [5.41, 5.74) is 2.96. The molecule has 0 aliphatic rings. The van der Waals surface area contributed by atoms with Crippen molar-refractivity contribution < 1.29 is 8.94 Å². The van der Waals surface area contributed by atoms with Crippen molar-refractivity contribution in [1.82, 2.24) is 19.6 Å². The maximum atomic E-state index is 6.05. The third-order valence-corrected chi connectivity index (χ3v) is 4.62. The van der Waals surface area contributed by atoms with E-state index >= 15 is 0 Å². The molecule has 0 fully saturated rings. The number of nitrogens with zero attached hydrogens (tertiary/aromatic N) is 4. The zero-order chi connectivity index (χ0) is 17.4. The second-order valence-corrected chi connectivity index (χ2v) is 6.26. The summed E-state index contributed by atoms with van der Waals surface area (Å²) in [5.74, 6) is 2.50. The van der Waals surface area contributed by atoms with Crippen molar-refractivity contribution in [2.45, 2.75) is 19.5 Å². The highest BCUT2D eigenvalue weighted by Gasteiger charge is 2.18. The Morgan fingerprint density at radius 2 is 2.00 bits per heavy atom. The van der Waals surface area contributed by atoms with Crippen LogP contribution in [-0.4, -0.2) is 26.7 Å². The molecular formula is C19H20N4O2. The summed E-state index contributed by atoms with van der Waals surface area (Å²) in [6.07, 6.45) is 1.59. The van der Waals surface area contributed by atoms with E-state index in [9.17, 15) is 0 Å². The molecule has 0 amide bonds. The first-order valence-corrected chi connectivity index (χ1v) is 8.24. The van der Waals surface area contributed by atoms with Crippen molar-refractivity contribution in [2.75, 3.05) is 7.05 Å². The van der Waals surface area contributed by atoms with Crippen molar-refractivity contribution >= 4 is 11.0 Å². The largest absolute Gasteiger partial charge is 0.456 e. The molecule has 0 aliphatic carbocycles. The number of fused-ring (bicyclic) bond motifs is 1. The standard InChI is InChI=1S/C19H20N4O2/c1-13(15-10-11-24-21-15)22(2)12-14-8-9-18(25-14)19-20-16-6-4-5-7-17(16)23(19)3/h4-11,13H,12H2,1-3H3/t13-/m0/s1. The minimum absolute atomic E-state index is 0.142. The van der Waals surface area contributed by atoms with E-state index in [4.69, 9.17) is 8.94 Å². The normalized spacial score (nSPS) is 13.0. The number of hydrogen-bond donors (Lipinski definition) is 0. The van der Waals surface area contributed by atoms with Crippen LogP contribution in [-0.2, 0) is 13.6 Å². The first-order chi connectivity index (χ1) is 12.1. The molecule has 0 saturated heterocycles. The third-order valence-electron chi connectivity index (χ3n) is 4.62. The topological polar surface area (TPSA) is 60.2 Å². The van der Waals surface area contributed by atoms with Crippen LogP contribution in [0.2, 0.25) is 0 Å². The van der Waals surface area contributed by atoms with Crippen LogP contribution >= 0.6 is 0 Å². The van der Waals surface area contributed by atoms with Gasteiger partial charge in [0.25, 0.3) is 0 Å². The number of hydrogen-bond acceptors (Lipinski definition) is 5. The third kappa shape index (κ3) is 2.85. The summed E-state index contributed by atoms with van der Waals surface area (Å²) in [4.78, 5) is 6.85. The van der Waals surface area contributed by atoms with Crippen LogP contribution < -0.4 is 0 Å². The van der Waals surface area contributed by atoms with Gasteiger partial charge in [0.15, 0.2) is 11.6 Å². The highest BCUT2D eigenvalue weighted by molar-refractivity contribution is 5.79. The Balaban J connectivity index is 1.56. The highest BCUT2D eigenvalue weighted by Crippen LogP contribution is 2.27. The van der Waals surface area contributed by atoms with Gasteiger partial charge < -0.3 is 13.5 Å². The lowest BCUT2D eigenvalue weighted by Gasteiger charge is -2.21. The van der Waals surface area contributed by atoms with Crippen molar-refractivity contribution in [1.29, 1.82) is 0 Å². The van der Waals surface area contributed by atoms with Crippen molar-refractivity contribution in [3.05, 3.63) is 60.2 Å². The van der Waals surface area contributed by atoms with Gasteiger partial charge in [0.2, 0.25) is 0 Å². The average Bonchev–Trinajstić information content (AvgIpc) is 3.35. The Kier molecular flexibility index (Phi) is 3.89. The molecular weight excluding hydrogens is 316 g/mol. The number of aryl methyl sites for hydroxylation is 1. The van der Waals surface area contributed by atoms with Crippen molar-refractivity contribution in [2.24, 2.45) is 7.05 Å². The quantitative estimate of drug-likeness (QED) is 0.551. The van der Waals surface area contributed by atoms with Crippen LogP contribution in [0.25, 0.3) is 22.6 Å². The number of furan rings is 1. The molecule has 128 valence electrons. The number of aromatic nitrogens is 3. The molecule has 0 bridgehead atoms. The van der Waals surface area contributed by atoms with Crippen molar-refractivity contribution in [3.63, 3.8) is 0 Å². The van der Waals surface area contributed by atoms with Gasteiger partial charge in [0.1, 0.15) is 17.7 Å². The van der Waals surface area contributed by atoms with Gasteiger partial charge in [0.05, 0.1) is 23.6 Å². The Morgan fingerprint density at radius 1 is 1.16 bits per heavy atom. The number of imidazole rings is 1. The van der Waals surface area contributed by atoms with Crippen LogP contribution in [0.1, 0.15) is 24.4 Å². The molecule has 0 N–H and O–H groups in total. The molecule has 0 radical (unpaired) electrons. The Labute approximate surface area is 145 Å². The summed E-state index contributed by atoms with van der Waals surface area (Å²) < 4.78 is 13.0. The second kappa shape index (κ2) is 6.22. The van der Waals surface area contributed by atoms with Gasteiger partial charge in [-0.05, 0) is 38.2 Å². The van der Waals surface area contributed by atoms with Crippen LogP contribution in [0.4, 0.5) is 0 Å². The summed E-state index contributed by atoms with van der Waals surface area (Å²) in [6, 6.07) is 14.1. The molecule has 4 rings (SSSR count). The fourth-order valence-electron chi connectivity index (χ4n) is 2.99. The van der Waals surface area contributed by atoms with Gasteiger partial charge in [-0.25, -0.2) is 4.98 Å². The van der Waals surface area contributed by atoms with Crippen LogP contribution in [0.5, 0.6) is 0 Å². The van der Waals surface area contributed by atoms with E-state index in [1.54, 1.807) is 6.26 Å². The van der Waals surface area contributed by atoms with E-state index in [0.29, 0.717) is 6.54 Å². The molecule has 25 heavy (non-hydrogen) atoms. The number of benzene rings is 1. The van der Waals surface area contributed by atoms with Crippen LogP contribution in [0, 0.1) is 0 Å². The summed E-state index contributed by atoms with van der Waals surface area (Å²) in [6.45, 7) is 2.77. The Morgan fingerprint density at radius 3 is 2.76 bits per heavy atom. The maximum Gasteiger partial charge on any atom is 0.176 e. The van der Waals surface area contributed by atoms with Gasteiger partial charge in [-0.15, -0.1) is 0 Å². The van der Waals surface area contributed by atoms with Crippen molar-refractivity contribution in [3.8, 4) is 11.6 Å². The minimum Gasteiger partial charge on any atom is -0.456 e. The van der Waals surface area contributed by atoms with Gasteiger partial charge >= 0.3 is 0 Å². The molecule has 0 unspecified atom stereocenters. The van der Waals surface area contributed by atoms with Gasteiger partial charge in [-0.2, -0.15) is 0 Å². The Bertz CT molecular complexity index is 984. The lowest BCUT2D eigenvalue weighted by atomic mass is 10.2. The minimum atomic E-state index is 0.142. The predicted molar refractivity (Wildman–Crippen MR) is 94.8 cm³/mol. The fourth-order valence-corrected chi connectivity index (χ4v) is 2.99. The van der Waals surface area contributed by atoms with E-state index in [2.05, 4.69) is 32.6 Å². The average molecular weight is 336 g/mol. The molecule has 3 heterocycles. The number of rotatable bonds is 5. The zero-order valence-corrected chi connectivity index (χ0v) is 14.5. The maximum absolute atomic E-state index is 6.05. The summed E-state index contributed by atoms with van der Waals surface area (Å²) in [7, 11) is 4.04. The molecule has 0 saturated carbocycles. The van der Waals surface area contributed by atoms with E-state index in [1.807, 2.05) is 50.5 Å². The zero-order valence-electron chi connectivity index (χ0n) is 14.5. The highest BCUT2D eigenvalue weighted by atomic mass is 16.5. The summed E-state index contributed by atoms with van der Waals surface area (Å²) >= 11 is 0. The molecule has 6 nitrogen and oxygen atoms in total. The molecule has 1 atom stereocenters. The predicted octanol–water partition coefficient (Wildman–Crippen LogP) is 4.01. The van der Waals surface area contributed by atoms with E-state index in [1.165, 1.54) is 0 Å². The lowest BCUT2D eigenvalue weighted by molar-refractivity contribution is 0.223. The first kappa shape index (κ1) is 15.7. The molecule has 0 spiro atoms. The monoisotopic (exact) mass is 336 g/mol. The molecule has 1 aromatic carbocycles. The van der Waals surface area contributed by atoms with Gasteiger partial charge in [-0.1, -0.05) is 17.3 Å². The number of para-hydroxylation sites is 2. The van der Waals surface area contributed by atoms with E-state index < -0.39 is 0 Å². The Hall–Kier alpha value is -2.86. The van der Waals surface area contributed by atoms with Gasteiger partial charge in [0, 0.05) is 13.1 Å². The molecule has 0 aliphatic heterocycles. The summed E-state index contributed by atoms with van der Waals surface area (Å²) in [5, 5.41) is 4.01. The molecule has 3 aromatic heterocycles. The van der Waals surface area contributed by atoms with E-state index in [-0.39, 0.29) is 6.04 Å². The SMILES string of the molecule is C[C@@H](c1ccon1)N(C)Cc1ccc(-c2nc3ccccc3n2C)o1. The van der Waals surface area contributed by atoms with Crippen LogP contribution in [0.15, 0.2) is 57.7 Å².